The number of halogens is 1. The first-order chi connectivity index (χ1) is 6.03. The van der Waals surface area contributed by atoms with Crippen LogP contribution in [0.5, 0.6) is 0 Å². The van der Waals surface area contributed by atoms with Gasteiger partial charge < -0.3 is 0 Å². The van der Waals surface area contributed by atoms with Crippen molar-refractivity contribution in [3.05, 3.63) is 12.3 Å². The number of nitrogens with one attached hydrogen (secondary N) is 1. The number of nitrogens with zero attached hydrogens (tertiary/aromatic N) is 2. The van der Waals surface area contributed by atoms with Crippen LogP contribution in [-0.4, -0.2) is 29.8 Å². The Bertz CT molecular complexity index is 373. The lowest BCUT2D eigenvalue weighted by Gasteiger charge is -2.01. The van der Waals surface area contributed by atoms with Gasteiger partial charge in [-0.2, -0.15) is 5.10 Å². The lowest BCUT2D eigenvalue weighted by Crippen LogP contribution is -2.17. The number of sulfonamides is 1. The maximum Gasteiger partial charge on any atom is 0.235 e. The molecule has 1 heterocycles. The standard InChI is InChI=1S/C6H10ClN3O2S/c1-10-4-2-6(8-10)9-13(11,12)5-3-7/h2,4H,3,5H2,1H3,(H,8,9). The van der Waals surface area contributed by atoms with Crippen molar-refractivity contribution in [1.82, 2.24) is 9.78 Å². The van der Waals surface area contributed by atoms with Crippen LogP contribution in [0.15, 0.2) is 12.3 Å². The lowest BCUT2D eigenvalue weighted by molar-refractivity contribution is 0.602. The first-order valence-corrected chi connectivity index (χ1v) is 5.78. The third kappa shape index (κ3) is 3.23. The van der Waals surface area contributed by atoms with E-state index in [2.05, 4.69) is 9.82 Å². The summed E-state index contributed by atoms with van der Waals surface area (Å²) in [7, 11) is -1.62. The minimum atomic E-state index is -3.33. The van der Waals surface area contributed by atoms with E-state index in [-0.39, 0.29) is 11.6 Å². The maximum atomic E-state index is 11.2. The summed E-state index contributed by atoms with van der Waals surface area (Å²) in [5, 5.41) is 3.86. The SMILES string of the molecule is Cn1ccc(NS(=O)(=O)CCCl)n1. The van der Waals surface area contributed by atoms with E-state index in [0.29, 0.717) is 5.82 Å². The van der Waals surface area contributed by atoms with Crippen molar-refractivity contribution in [1.29, 1.82) is 0 Å². The second kappa shape index (κ2) is 3.97. The van der Waals surface area contributed by atoms with Crippen molar-refractivity contribution in [3.63, 3.8) is 0 Å². The summed E-state index contributed by atoms with van der Waals surface area (Å²) in [5.41, 5.74) is 0. The Hall–Kier alpha value is -0.750. The Labute approximate surface area is 81.7 Å². The van der Waals surface area contributed by atoms with Gasteiger partial charge in [-0.05, 0) is 0 Å². The molecule has 0 saturated carbocycles. The largest absolute Gasteiger partial charge is 0.274 e. The molecule has 13 heavy (non-hydrogen) atoms. The van der Waals surface area contributed by atoms with Gasteiger partial charge in [-0.15, -0.1) is 11.6 Å². The highest BCUT2D eigenvalue weighted by Crippen LogP contribution is 2.04. The van der Waals surface area contributed by atoms with Crippen LogP contribution < -0.4 is 4.72 Å². The second-order valence-corrected chi connectivity index (χ2v) is 4.70. The van der Waals surface area contributed by atoms with Gasteiger partial charge in [0.25, 0.3) is 0 Å². The fourth-order valence-electron chi connectivity index (χ4n) is 0.781. The summed E-state index contributed by atoms with van der Waals surface area (Å²) in [4.78, 5) is 0. The van der Waals surface area contributed by atoms with Crippen molar-refractivity contribution >= 4 is 27.4 Å². The van der Waals surface area contributed by atoms with Gasteiger partial charge in [-0.25, -0.2) is 8.42 Å². The summed E-state index contributed by atoms with van der Waals surface area (Å²) < 4.78 is 26.1. The van der Waals surface area contributed by atoms with Crippen molar-refractivity contribution in [2.45, 2.75) is 0 Å². The van der Waals surface area contributed by atoms with Crippen LogP contribution in [-0.2, 0) is 17.1 Å². The van der Waals surface area contributed by atoms with Crippen LogP contribution in [0.3, 0.4) is 0 Å². The number of hydrogen-bond donors (Lipinski definition) is 1. The molecule has 0 amide bonds. The molecule has 0 spiro atoms. The fraction of sp³-hybridized carbons (Fsp3) is 0.500. The van der Waals surface area contributed by atoms with Crippen molar-refractivity contribution in [2.24, 2.45) is 7.05 Å². The summed E-state index contributed by atoms with van der Waals surface area (Å²) in [6, 6.07) is 1.58. The van der Waals surface area contributed by atoms with Crippen LogP contribution in [0.1, 0.15) is 0 Å². The minimum absolute atomic E-state index is 0.0716. The van der Waals surface area contributed by atoms with E-state index in [9.17, 15) is 8.42 Å². The van der Waals surface area contributed by atoms with Gasteiger partial charge in [0.2, 0.25) is 10.0 Å². The molecule has 1 N–H and O–H groups in total. The number of aromatic nitrogens is 2. The molecule has 1 rings (SSSR count). The summed E-state index contributed by atoms with van der Waals surface area (Å²) >= 11 is 5.31. The fourth-order valence-corrected chi connectivity index (χ4v) is 2.12. The molecular formula is C6H10ClN3O2S. The summed E-state index contributed by atoms with van der Waals surface area (Å²) in [6.45, 7) is 0. The number of alkyl halides is 1. The number of anilines is 1. The van der Waals surface area contributed by atoms with Gasteiger partial charge in [0.15, 0.2) is 5.82 Å². The molecule has 0 aliphatic heterocycles. The molecule has 0 radical (unpaired) electrons. The zero-order valence-electron chi connectivity index (χ0n) is 7.07. The second-order valence-electron chi connectivity index (χ2n) is 2.48. The molecule has 0 fully saturated rings. The van der Waals surface area contributed by atoms with E-state index in [1.54, 1.807) is 19.3 Å². The molecule has 0 aliphatic carbocycles. The first-order valence-electron chi connectivity index (χ1n) is 3.59. The van der Waals surface area contributed by atoms with E-state index in [0.717, 1.165) is 0 Å². The Morgan fingerprint density at radius 1 is 1.69 bits per heavy atom. The quantitative estimate of drug-likeness (QED) is 0.752. The van der Waals surface area contributed by atoms with E-state index in [1.807, 2.05) is 0 Å². The third-order valence-corrected chi connectivity index (χ3v) is 2.99. The third-order valence-electron chi connectivity index (χ3n) is 1.32. The van der Waals surface area contributed by atoms with Gasteiger partial charge in [-0.3, -0.25) is 9.40 Å². The predicted octanol–water partition coefficient (Wildman–Crippen LogP) is 0.401. The number of hydrogen-bond acceptors (Lipinski definition) is 3. The van der Waals surface area contributed by atoms with Gasteiger partial charge in [0.05, 0.1) is 5.75 Å². The molecule has 1 aromatic heterocycles. The van der Waals surface area contributed by atoms with Gasteiger partial charge >= 0.3 is 0 Å². The molecule has 0 bridgehead atoms. The van der Waals surface area contributed by atoms with Crippen LogP contribution >= 0.6 is 11.6 Å². The Kier molecular flexibility index (Phi) is 3.16. The van der Waals surface area contributed by atoms with Crippen LogP contribution in [0.2, 0.25) is 0 Å². The lowest BCUT2D eigenvalue weighted by atomic mass is 10.7. The molecular weight excluding hydrogens is 214 g/mol. The smallest absolute Gasteiger partial charge is 0.235 e. The molecule has 0 atom stereocenters. The van der Waals surface area contributed by atoms with E-state index < -0.39 is 10.0 Å². The number of rotatable bonds is 4. The summed E-state index contributed by atoms with van der Waals surface area (Å²) in [6.07, 6.45) is 1.65. The Morgan fingerprint density at radius 3 is 2.85 bits per heavy atom. The Balaban J connectivity index is 2.69. The van der Waals surface area contributed by atoms with Crippen LogP contribution in [0, 0.1) is 0 Å². The molecule has 7 heteroatoms. The first kappa shape index (κ1) is 10.3. The molecule has 0 unspecified atom stereocenters. The Morgan fingerprint density at radius 2 is 2.38 bits per heavy atom. The zero-order valence-corrected chi connectivity index (χ0v) is 8.64. The predicted molar refractivity (Wildman–Crippen MR) is 51.3 cm³/mol. The van der Waals surface area contributed by atoms with Crippen LogP contribution in [0.4, 0.5) is 5.82 Å². The average molecular weight is 224 g/mol. The minimum Gasteiger partial charge on any atom is -0.274 e. The molecule has 0 saturated heterocycles. The monoisotopic (exact) mass is 223 g/mol. The van der Waals surface area contributed by atoms with E-state index in [4.69, 9.17) is 11.6 Å². The molecule has 5 nitrogen and oxygen atoms in total. The van der Waals surface area contributed by atoms with Crippen LogP contribution in [0.25, 0.3) is 0 Å². The van der Waals surface area contributed by atoms with E-state index >= 15 is 0 Å². The normalized spacial score (nSPS) is 11.5. The zero-order chi connectivity index (χ0) is 9.90. The highest BCUT2D eigenvalue weighted by Gasteiger charge is 2.10. The summed E-state index contributed by atoms with van der Waals surface area (Å²) in [5.74, 6) is 0.278. The van der Waals surface area contributed by atoms with E-state index in [1.165, 1.54) is 4.68 Å². The van der Waals surface area contributed by atoms with Gasteiger partial charge in [0.1, 0.15) is 0 Å². The van der Waals surface area contributed by atoms with Crippen molar-refractivity contribution < 1.29 is 8.42 Å². The highest BCUT2D eigenvalue weighted by atomic mass is 35.5. The highest BCUT2D eigenvalue weighted by molar-refractivity contribution is 7.92. The number of aryl methyl sites for hydroxylation is 1. The van der Waals surface area contributed by atoms with Gasteiger partial charge in [-0.1, -0.05) is 0 Å². The van der Waals surface area contributed by atoms with Crippen molar-refractivity contribution in [2.75, 3.05) is 16.4 Å². The van der Waals surface area contributed by atoms with Gasteiger partial charge in [0, 0.05) is 25.2 Å². The topological polar surface area (TPSA) is 64.0 Å². The molecule has 0 aromatic carbocycles. The average Bonchev–Trinajstić information content (AvgIpc) is 2.34. The molecule has 0 aliphatic rings. The molecule has 74 valence electrons. The molecule has 1 aromatic rings. The van der Waals surface area contributed by atoms with Crippen molar-refractivity contribution in [3.8, 4) is 0 Å². The maximum absolute atomic E-state index is 11.2.